The molecular weight excluding hydrogens is 238 g/mol. The number of rotatable bonds is 5. The van der Waals surface area contributed by atoms with Gasteiger partial charge in [-0.3, -0.25) is 4.68 Å². The fourth-order valence-electron chi connectivity index (χ4n) is 2.22. The zero-order valence-electron chi connectivity index (χ0n) is 12.0. The van der Waals surface area contributed by atoms with Crippen LogP contribution in [0.25, 0.3) is 0 Å². The summed E-state index contributed by atoms with van der Waals surface area (Å²) in [5.41, 5.74) is 4.16. The Balaban J connectivity index is 2.46. The number of nitrogens with one attached hydrogen (secondary N) is 1. The van der Waals surface area contributed by atoms with E-state index in [1.54, 1.807) is 0 Å². The third-order valence-electron chi connectivity index (χ3n) is 3.11. The first-order valence-corrected chi connectivity index (χ1v) is 6.71. The van der Waals surface area contributed by atoms with Gasteiger partial charge in [-0.1, -0.05) is 13.8 Å². The maximum atomic E-state index is 4.52. The van der Waals surface area contributed by atoms with Crippen molar-refractivity contribution < 1.29 is 0 Å². The van der Waals surface area contributed by atoms with Gasteiger partial charge in [0.1, 0.15) is 0 Å². The standard InChI is InChI=1S/C14H21N5/c1-5-12-11(9-10(3)16-17-12)14(15-6-2)13-7-8-19(4)18-13/h7-9,14-15H,5-6H2,1-4H3. The third-order valence-corrected chi connectivity index (χ3v) is 3.11. The monoisotopic (exact) mass is 259 g/mol. The van der Waals surface area contributed by atoms with Gasteiger partial charge in [-0.15, -0.1) is 0 Å². The average Bonchev–Trinajstić information content (AvgIpc) is 2.82. The first-order valence-electron chi connectivity index (χ1n) is 6.71. The van der Waals surface area contributed by atoms with Gasteiger partial charge in [0.05, 0.1) is 23.1 Å². The Bertz CT molecular complexity index is 547. The number of aromatic nitrogens is 4. The van der Waals surface area contributed by atoms with Crippen molar-refractivity contribution in [2.75, 3.05) is 6.54 Å². The molecular formula is C14H21N5. The summed E-state index contributed by atoms with van der Waals surface area (Å²) in [6.07, 6.45) is 2.84. The van der Waals surface area contributed by atoms with Gasteiger partial charge in [0.25, 0.3) is 0 Å². The van der Waals surface area contributed by atoms with Gasteiger partial charge >= 0.3 is 0 Å². The highest BCUT2D eigenvalue weighted by Crippen LogP contribution is 2.23. The van der Waals surface area contributed by atoms with Crippen molar-refractivity contribution in [1.82, 2.24) is 25.3 Å². The second-order valence-corrected chi connectivity index (χ2v) is 4.65. The first-order chi connectivity index (χ1) is 9.15. The van der Waals surface area contributed by atoms with Crippen molar-refractivity contribution in [2.45, 2.75) is 33.2 Å². The van der Waals surface area contributed by atoms with Crippen LogP contribution in [0.1, 0.15) is 42.5 Å². The van der Waals surface area contributed by atoms with E-state index in [2.05, 4.69) is 40.5 Å². The van der Waals surface area contributed by atoms with Crippen LogP contribution in [0.2, 0.25) is 0 Å². The Labute approximate surface area is 114 Å². The molecule has 1 unspecified atom stereocenters. The van der Waals surface area contributed by atoms with Gasteiger partial charge in [0, 0.05) is 18.8 Å². The highest BCUT2D eigenvalue weighted by molar-refractivity contribution is 5.31. The lowest BCUT2D eigenvalue weighted by atomic mass is 10.0. The highest BCUT2D eigenvalue weighted by atomic mass is 15.3. The van der Waals surface area contributed by atoms with Gasteiger partial charge in [-0.25, -0.2) is 0 Å². The van der Waals surface area contributed by atoms with Gasteiger partial charge in [-0.2, -0.15) is 15.3 Å². The molecule has 0 aliphatic rings. The molecule has 0 spiro atoms. The quantitative estimate of drug-likeness (QED) is 0.889. The molecule has 102 valence electrons. The maximum absolute atomic E-state index is 4.52. The summed E-state index contributed by atoms with van der Waals surface area (Å²) in [6.45, 7) is 7.05. The second kappa shape index (κ2) is 5.93. The lowest BCUT2D eigenvalue weighted by Crippen LogP contribution is -2.24. The van der Waals surface area contributed by atoms with E-state index < -0.39 is 0 Å². The molecule has 0 aliphatic heterocycles. The molecule has 5 nitrogen and oxygen atoms in total. The molecule has 2 rings (SSSR count). The van der Waals surface area contributed by atoms with E-state index in [4.69, 9.17) is 0 Å². The summed E-state index contributed by atoms with van der Waals surface area (Å²) in [5.74, 6) is 0. The minimum Gasteiger partial charge on any atom is -0.305 e. The average molecular weight is 259 g/mol. The van der Waals surface area contributed by atoms with Crippen molar-refractivity contribution in [1.29, 1.82) is 0 Å². The molecule has 2 heterocycles. The first kappa shape index (κ1) is 13.7. The minimum absolute atomic E-state index is 0.0790. The van der Waals surface area contributed by atoms with Crippen molar-refractivity contribution in [3.63, 3.8) is 0 Å². The SMILES string of the molecule is CCNC(c1ccn(C)n1)c1cc(C)nnc1CC. The molecule has 0 fully saturated rings. The Morgan fingerprint density at radius 3 is 2.68 bits per heavy atom. The summed E-state index contributed by atoms with van der Waals surface area (Å²) < 4.78 is 1.83. The molecule has 0 bridgehead atoms. The van der Waals surface area contributed by atoms with Gasteiger partial charge in [-0.05, 0) is 32.0 Å². The fraction of sp³-hybridized carbons (Fsp3) is 0.500. The third kappa shape index (κ3) is 2.98. The zero-order valence-corrected chi connectivity index (χ0v) is 12.0. The van der Waals surface area contributed by atoms with Crippen LogP contribution in [0.4, 0.5) is 0 Å². The maximum Gasteiger partial charge on any atom is 0.0839 e. The van der Waals surface area contributed by atoms with E-state index in [0.717, 1.165) is 30.0 Å². The number of hydrogen-bond donors (Lipinski definition) is 1. The Hall–Kier alpha value is -1.75. The van der Waals surface area contributed by atoms with E-state index in [1.807, 2.05) is 30.9 Å². The van der Waals surface area contributed by atoms with Crippen LogP contribution in [0, 0.1) is 6.92 Å². The smallest absolute Gasteiger partial charge is 0.0839 e. The van der Waals surface area contributed by atoms with Gasteiger partial charge in [0.15, 0.2) is 0 Å². The molecule has 0 saturated heterocycles. The molecule has 1 atom stereocenters. The van der Waals surface area contributed by atoms with E-state index in [9.17, 15) is 0 Å². The van der Waals surface area contributed by atoms with Crippen molar-refractivity contribution in [3.05, 3.63) is 41.0 Å². The van der Waals surface area contributed by atoms with Crippen molar-refractivity contribution in [3.8, 4) is 0 Å². The van der Waals surface area contributed by atoms with E-state index in [-0.39, 0.29) is 6.04 Å². The lowest BCUT2D eigenvalue weighted by molar-refractivity contribution is 0.589. The Morgan fingerprint density at radius 2 is 2.11 bits per heavy atom. The van der Waals surface area contributed by atoms with E-state index >= 15 is 0 Å². The largest absolute Gasteiger partial charge is 0.305 e. The molecule has 0 amide bonds. The van der Waals surface area contributed by atoms with Crippen LogP contribution in [-0.2, 0) is 13.5 Å². The summed E-state index contributed by atoms with van der Waals surface area (Å²) >= 11 is 0. The molecule has 0 saturated carbocycles. The Morgan fingerprint density at radius 1 is 1.32 bits per heavy atom. The fourth-order valence-corrected chi connectivity index (χ4v) is 2.22. The van der Waals surface area contributed by atoms with Crippen LogP contribution >= 0.6 is 0 Å². The highest BCUT2D eigenvalue weighted by Gasteiger charge is 2.19. The summed E-state index contributed by atoms with van der Waals surface area (Å²) in [7, 11) is 1.93. The van der Waals surface area contributed by atoms with Crippen LogP contribution < -0.4 is 5.32 Å². The van der Waals surface area contributed by atoms with Crippen LogP contribution in [0.5, 0.6) is 0 Å². The molecule has 2 aromatic heterocycles. The van der Waals surface area contributed by atoms with Crippen LogP contribution in [0.15, 0.2) is 18.3 Å². The van der Waals surface area contributed by atoms with Gasteiger partial charge in [0.2, 0.25) is 0 Å². The molecule has 19 heavy (non-hydrogen) atoms. The summed E-state index contributed by atoms with van der Waals surface area (Å²) in [5, 5.41) is 16.5. The molecule has 0 aromatic carbocycles. The number of nitrogens with zero attached hydrogens (tertiary/aromatic N) is 4. The lowest BCUT2D eigenvalue weighted by Gasteiger charge is -2.18. The summed E-state index contributed by atoms with van der Waals surface area (Å²) in [4.78, 5) is 0. The van der Waals surface area contributed by atoms with E-state index in [1.165, 1.54) is 5.56 Å². The molecule has 5 heteroatoms. The van der Waals surface area contributed by atoms with Gasteiger partial charge < -0.3 is 5.32 Å². The molecule has 2 aromatic rings. The van der Waals surface area contributed by atoms with E-state index in [0.29, 0.717) is 0 Å². The molecule has 0 radical (unpaired) electrons. The van der Waals surface area contributed by atoms with Crippen molar-refractivity contribution in [2.24, 2.45) is 7.05 Å². The number of aryl methyl sites for hydroxylation is 3. The molecule has 0 aliphatic carbocycles. The predicted molar refractivity (Wildman–Crippen MR) is 74.9 cm³/mol. The Kier molecular flexibility index (Phi) is 4.27. The minimum atomic E-state index is 0.0790. The van der Waals surface area contributed by atoms with Crippen molar-refractivity contribution >= 4 is 0 Å². The van der Waals surface area contributed by atoms with Crippen LogP contribution in [-0.4, -0.2) is 26.5 Å². The topological polar surface area (TPSA) is 55.6 Å². The second-order valence-electron chi connectivity index (χ2n) is 4.65. The predicted octanol–water partition coefficient (Wildman–Crippen LogP) is 1.78. The molecule has 1 N–H and O–H groups in total. The van der Waals surface area contributed by atoms with Crippen LogP contribution in [0.3, 0.4) is 0 Å². The number of hydrogen-bond acceptors (Lipinski definition) is 4. The summed E-state index contributed by atoms with van der Waals surface area (Å²) in [6, 6.07) is 4.23. The zero-order chi connectivity index (χ0) is 13.8. The normalized spacial score (nSPS) is 12.6.